The molecule has 0 atom stereocenters. The van der Waals surface area contributed by atoms with Crippen molar-refractivity contribution in [1.82, 2.24) is 9.55 Å². The van der Waals surface area contributed by atoms with Gasteiger partial charge in [-0.15, -0.1) is 11.8 Å². The molecule has 1 aromatic rings. The van der Waals surface area contributed by atoms with Crippen LogP contribution < -0.4 is 0 Å². The summed E-state index contributed by atoms with van der Waals surface area (Å²) in [5.41, 5.74) is 1.08. The molecule has 0 spiro atoms. The average Bonchev–Trinajstić information content (AvgIpc) is 2.51. The zero-order chi connectivity index (χ0) is 10.6. The molecule has 0 saturated heterocycles. The standard InChI is InChI=1S/C9H14N2O2S/c1-7(2)11-6-10-3-8(11)4-14-5-9(12)13/h3,6-7H,4-5H2,1-2H3,(H,12,13). The van der Waals surface area contributed by atoms with Gasteiger partial charge < -0.3 is 9.67 Å². The topological polar surface area (TPSA) is 55.1 Å². The van der Waals surface area contributed by atoms with Crippen LogP contribution in [-0.2, 0) is 10.5 Å². The van der Waals surface area contributed by atoms with Crippen LogP contribution in [0.25, 0.3) is 0 Å². The molecule has 4 nitrogen and oxygen atoms in total. The molecule has 78 valence electrons. The third kappa shape index (κ3) is 3.06. The van der Waals surface area contributed by atoms with Gasteiger partial charge in [0.1, 0.15) is 0 Å². The number of aromatic nitrogens is 2. The molecule has 0 fully saturated rings. The second kappa shape index (κ2) is 5.05. The predicted molar refractivity (Wildman–Crippen MR) is 56.4 cm³/mol. The van der Waals surface area contributed by atoms with Gasteiger partial charge >= 0.3 is 5.97 Å². The minimum absolute atomic E-state index is 0.142. The average molecular weight is 214 g/mol. The van der Waals surface area contributed by atoms with E-state index in [1.807, 2.05) is 0 Å². The van der Waals surface area contributed by atoms with Crippen molar-refractivity contribution in [2.24, 2.45) is 0 Å². The lowest BCUT2D eigenvalue weighted by Crippen LogP contribution is -2.04. The molecule has 0 saturated carbocycles. The lowest BCUT2D eigenvalue weighted by atomic mass is 10.4. The van der Waals surface area contributed by atoms with Gasteiger partial charge in [-0.1, -0.05) is 0 Å². The molecule has 14 heavy (non-hydrogen) atoms. The number of imidazole rings is 1. The summed E-state index contributed by atoms with van der Waals surface area (Å²) in [6, 6.07) is 0.373. The summed E-state index contributed by atoms with van der Waals surface area (Å²) < 4.78 is 2.05. The Morgan fingerprint density at radius 2 is 2.43 bits per heavy atom. The lowest BCUT2D eigenvalue weighted by molar-refractivity contribution is -0.133. The minimum atomic E-state index is -0.773. The molecule has 0 aliphatic heterocycles. The quantitative estimate of drug-likeness (QED) is 0.811. The third-order valence-electron chi connectivity index (χ3n) is 1.78. The van der Waals surface area contributed by atoms with E-state index in [2.05, 4.69) is 23.4 Å². The molecule has 0 bridgehead atoms. The SMILES string of the molecule is CC(C)n1cncc1CSCC(=O)O. The van der Waals surface area contributed by atoms with E-state index in [-0.39, 0.29) is 5.75 Å². The van der Waals surface area contributed by atoms with Gasteiger partial charge in [-0.05, 0) is 13.8 Å². The lowest BCUT2D eigenvalue weighted by Gasteiger charge is -2.10. The van der Waals surface area contributed by atoms with Gasteiger partial charge in [0.15, 0.2) is 0 Å². The summed E-state index contributed by atoms with van der Waals surface area (Å²) in [7, 11) is 0. The van der Waals surface area contributed by atoms with E-state index in [4.69, 9.17) is 5.11 Å². The van der Waals surface area contributed by atoms with E-state index in [1.54, 1.807) is 12.5 Å². The first kappa shape index (κ1) is 11.1. The van der Waals surface area contributed by atoms with Crippen LogP contribution in [0, 0.1) is 0 Å². The summed E-state index contributed by atoms with van der Waals surface area (Å²) in [4.78, 5) is 14.3. The Morgan fingerprint density at radius 1 is 1.71 bits per heavy atom. The van der Waals surface area contributed by atoms with Crippen molar-refractivity contribution >= 4 is 17.7 Å². The number of hydrogen-bond acceptors (Lipinski definition) is 3. The summed E-state index contributed by atoms with van der Waals surface area (Å²) >= 11 is 1.39. The maximum Gasteiger partial charge on any atom is 0.313 e. The number of carboxylic acids is 1. The first-order valence-corrected chi connectivity index (χ1v) is 5.57. The number of carboxylic acid groups (broad SMARTS) is 1. The molecule has 0 aliphatic carbocycles. The number of hydrogen-bond donors (Lipinski definition) is 1. The zero-order valence-corrected chi connectivity index (χ0v) is 9.12. The smallest absolute Gasteiger partial charge is 0.313 e. The van der Waals surface area contributed by atoms with E-state index in [0.717, 1.165) is 5.69 Å². The molecule has 0 aliphatic rings. The third-order valence-corrected chi connectivity index (χ3v) is 2.73. The monoisotopic (exact) mass is 214 g/mol. The van der Waals surface area contributed by atoms with Crippen LogP contribution in [0.5, 0.6) is 0 Å². The fourth-order valence-corrected chi connectivity index (χ4v) is 1.86. The molecular weight excluding hydrogens is 200 g/mol. The van der Waals surface area contributed by atoms with Crippen molar-refractivity contribution in [2.75, 3.05) is 5.75 Å². The Labute approximate surface area is 87.3 Å². The van der Waals surface area contributed by atoms with Gasteiger partial charge in [0.05, 0.1) is 12.1 Å². The molecule has 1 N–H and O–H groups in total. The molecule has 0 radical (unpaired) electrons. The van der Waals surface area contributed by atoms with Crippen molar-refractivity contribution < 1.29 is 9.90 Å². The van der Waals surface area contributed by atoms with Gasteiger partial charge in [0, 0.05) is 23.7 Å². The highest BCUT2D eigenvalue weighted by Crippen LogP contribution is 2.15. The molecule has 0 amide bonds. The van der Waals surface area contributed by atoms with Crippen LogP contribution in [0.4, 0.5) is 0 Å². The predicted octanol–water partition coefficient (Wildman–Crippen LogP) is 1.78. The van der Waals surface area contributed by atoms with Crippen molar-refractivity contribution in [3.8, 4) is 0 Å². The maximum absolute atomic E-state index is 10.3. The first-order chi connectivity index (χ1) is 6.61. The molecule has 1 aromatic heterocycles. The van der Waals surface area contributed by atoms with Crippen LogP contribution in [0.2, 0.25) is 0 Å². The van der Waals surface area contributed by atoms with Crippen molar-refractivity contribution in [3.63, 3.8) is 0 Å². The largest absolute Gasteiger partial charge is 0.481 e. The normalized spacial score (nSPS) is 10.8. The number of rotatable bonds is 5. The van der Waals surface area contributed by atoms with Crippen molar-refractivity contribution in [2.45, 2.75) is 25.6 Å². The van der Waals surface area contributed by atoms with E-state index in [1.165, 1.54) is 11.8 Å². The number of thioether (sulfide) groups is 1. The Balaban J connectivity index is 2.50. The van der Waals surface area contributed by atoms with E-state index < -0.39 is 5.97 Å². The van der Waals surface area contributed by atoms with Crippen LogP contribution in [0.15, 0.2) is 12.5 Å². The summed E-state index contributed by atoms with van der Waals surface area (Å²) in [6.45, 7) is 4.15. The Bertz CT molecular complexity index is 310. The second-order valence-electron chi connectivity index (χ2n) is 3.27. The Hall–Kier alpha value is -0.970. The molecule has 1 rings (SSSR count). The van der Waals surface area contributed by atoms with Crippen LogP contribution >= 0.6 is 11.8 Å². The molecule has 1 heterocycles. The van der Waals surface area contributed by atoms with Crippen molar-refractivity contribution in [1.29, 1.82) is 0 Å². The van der Waals surface area contributed by atoms with Crippen LogP contribution in [0.1, 0.15) is 25.6 Å². The first-order valence-electron chi connectivity index (χ1n) is 4.41. The van der Waals surface area contributed by atoms with Gasteiger partial charge in [0.2, 0.25) is 0 Å². The van der Waals surface area contributed by atoms with E-state index in [0.29, 0.717) is 11.8 Å². The Morgan fingerprint density at radius 3 is 3.00 bits per heavy atom. The van der Waals surface area contributed by atoms with Gasteiger partial charge in [-0.25, -0.2) is 4.98 Å². The zero-order valence-electron chi connectivity index (χ0n) is 8.30. The fraction of sp³-hybridized carbons (Fsp3) is 0.556. The molecule has 0 aromatic carbocycles. The molecule has 0 unspecified atom stereocenters. The number of carbonyl (C=O) groups is 1. The summed E-state index contributed by atoms with van der Waals surface area (Å²) in [6.07, 6.45) is 3.57. The highest BCUT2D eigenvalue weighted by atomic mass is 32.2. The summed E-state index contributed by atoms with van der Waals surface area (Å²) in [5, 5.41) is 8.48. The van der Waals surface area contributed by atoms with Crippen molar-refractivity contribution in [3.05, 3.63) is 18.2 Å². The highest BCUT2D eigenvalue weighted by molar-refractivity contribution is 7.99. The van der Waals surface area contributed by atoms with E-state index >= 15 is 0 Å². The highest BCUT2D eigenvalue weighted by Gasteiger charge is 2.06. The van der Waals surface area contributed by atoms with Crippen LogP contribution in [0.3, 0.4) is 0 Å². The number of aliphatic carboxylic acids is 1. The number of nitrogens with zero attached hydrogens (tertiary/aromatic N) is 2. The minimum Gasteiger partial charge on any atom is -0.481 e. The maximum atomic E-state index is 10.3. The second-order valence-corrected chi connectivity index (χ2v) is 4.26. The molecular formula is C9H14N2O2S. The Kier molecular flexibility index (Phi) is 4.00. The van der Waals surface area contributed by atoms with Gasteiger partial charge in [-0.2, -0.15) is 0 Å². The fourth-order valence-electron chi connectivity index (χ4n) is 1.15. The van der Waals surface area contributed by atoms with Crippen LogP contribution in [-0.4, -0.2) is 26.4 Å². The summed E-state index contributed by atoms with van der Waals surface area (Å²) in [5.74, 6) is 0.0684. The molecule has 5 heteroatoms. The van der Waals surface area contributed by atoms with Gasteiger partial charge in [-0.3, -0.25) is 4.79 Å². The van der Waals surface area contributed by atoms with E-state index in [9.17, 15) is 4.79 Å². The van der Waals surface area contributed by atoms with Gasteiger partial charge in [0.25, 0.3) is 0 Å².